The van der Waals surface area contributed by atoms with Gasteiger partial charge in [-0.2, -0.15) is 0 Å². The Hall–Kier alpha value is -3.44. The van der Waals surface area contributed by atoms with Crippen LogP contribution in [-0.2, 0) is 4.74 Å². The fourth-order valence-electron chi connectivity index (χ4n) is 3.72. The highest BCUT2D eigenvalue weighted by molar-refractivity contribution is 5.66. The van der Waals surface area contributed by atoms with Crippen LogP contribution in [-0.4, -0.2) is 35.8 Å². The second-order valence-corrected chi connectivity index (χ2v) is 8.22. The fraction of sp³-hybridized carbons (Fsp3) is 0.308. The lowest BCUT2D eigenvalue weighted by Gasteiger charge is -2.26. The average Bonchev–Trinajstić information content (AvgIpc) is 2.80. The van der Waals surface area contributed by atoms with E-state index in [1.54, 1.807) is 17.4 Å². The number of benzene rings is 2. The first-order valence-electron chi connectivity index (χ1n) is 11.2. The van der Waals surface area contributed by atoms with Gasteiger partial charge >= 0.3 is 0 Å². The van der Waals surface area contributed by atoms with E-state index >= 15 is 0 Å². The van der Waals surface area contributed by atoms with E-state index in [-0.39, 0.29) is 6.10 Å². The monoisotopic (exact) mass is 446 g/mol. The third-order valence-corrected chi connectivity index (χ3v) is 5.44. The van der Waals surface area contributed by atoms with E-state index in [0.717, 1.165) is 41.7 Å². The summed E-state index contributed by atoms with van der Waals surface area (Å²) in [5.74, 6) is 18.4. The van der Waals surface area contributed by atoms with Gasteiger partial charge < -0.3 is 26.2 Å². The Morgan fingerprint density at radius 2 is 1.79 bits per heavy atom. The Morgan fingerprint density at radius 1 is 1.03 bits per heavy atom. The quantitative estimate of drug-likeness (QED) is 0.293. The molecule has 1 unspecified atom stereocenters. The molecule has 2 aromatic rings. The van der Waals surface area contributed by atoms with Gasteiger partial charge in [-0.1, -0.05) is 48.2 Å². The molecular formula is C26H34N6O. The van der Waals surface area contributed by atoms with Gasteiger partial charge in [0.2, 0.25) is 0 Å². The summed E-state index contributed by atoms with van der Waals surface area (Å²) in [4.78, 5) is 0. The summed E-state index contributed by atoms with van der Waals surface area (Å²) in [6.07, 6.45) is 6.93. The first kappa shape index (κ1) is 24.2. The molecule has 2 aromatic carbocycles. The largest absolute Gasteiger partial charge is 0.397 e. The Kier molecular flexibility index (Phi) is 8.79. The lowest BCUT2D eigenvalue weighted by Crippen LogP contribution is -2.37. The SMILES string of the molecule is Cc1cc(C#CCN(N)/C=C(\N)c2ccccc2)ccc1/C(N)=C/N(N)CC1CCCCO1. The number of nitrogens with zero attached hydrogens (tertiary/aromatic N) is 2. The average molecular weight is 447 g/mol. The number of hydrazine groups is 2. The summed E-state index contributed by atoms with van der Waals surface area (Å²) < 4.78 is 5.74. The molecule has 1 aliphatic rings. The number of nitrogens with two attached hydrogens (primary N) is 4. The molecule has 1 heterocycles. The third kappa shape index (κ3) is 7.58. The number of aryl methyl sites for hydroxylation is 1. The summed E-state index contributed by atoms with van der Waals surface area (Å²) in [6.45, 7) is 3.78. The Morgan fingerprint density at radius 3 is 2.48 bits per heavy atom. The van der Waals surface area contributed by atoms with Crippen LogP contribution in [0.25, 0.3) is 11.4 Å². The zero-order valence-corrected chi connectivity index (χ0v) is 19.2. The summed E-state index contributed by atoms with van der Waals surface area (Å²) >= 11 is 0. The molecule has 3 rings (SSSR count). The van der Waals surface area contributed by atoms with Crippen molar-refractivity contribution in [2.24, 2.45) is 23.2 Å². The van der Waals surface area contributed by atoms with E-state index in [0.29, 0.717) is 24.5 Å². The second-order valence-electron chi connectivity index (χ2n) is 8.22. The number of hydrogen-bond donors (Lipinski definition) is 4. The molecule has 1 aliphatic heterocycles. The van der Waals surface area contributed by atoms with Gasteiger partial charge in [0, 0.05) is 30.1 Å². The van der Waals surface area contributed by atoms with Gasteiger partial charge in [-0.25, -0.2) is 11.7 Å². The van der Waals surface area contributed by atoms with Gasteiger partial charge in [-0.05, 0) is 49.4 Å². The molecule has 1 saturated heterocycles. The molecule has 174 valence electrons. The first-order valence-corrected chi connectivity index (χ1v) is 11.2. The molecule has 0 radical (unpaired) electrons. The smallest absolute Gasteiger partial charge is 0.0948 e. The van der Waals surface area contributed by atoms with Crippen molar-refractivity contribution in [3.8, 4) is 11.8 Å². The van der Waals surface area contributed by atoms with E-state index in [2.05, 4.69) is 11.8 Å². The highest BCUT2D eigenvalue weighted by atomic mass is 16.5. The van der Waals surface area contributed by atoms with Crippen molar-refractivity contribution in [2.45, 2.75) is 32.3 Å². The van der Waals surface area contributed by atoms with Gasteiger partial charge in [-0.15, -0.1) is 0 Å². The zero-order valence-electron chi connectivity index (χ0n) is 19.2. The fourth-order valence-corrected chi connectivity index (χ4v) is 3.72. The van der Waals surface area contributed by atoms with Crippen LogP contribution in [0.1, 0.15) is 41.5 Å². The minimum absolute atomic E-state index is 0.159. The minimum Gasteiger partial charge on any atom is -0.397 e. The molecule has 0 bridgehead atoms. The molecule has 33 heavy (non-hydrogen) atoms. The lowest BCUT2D eigenvalue weighted by atomic mass is 10.0. The Labute approximate surface area is 196 Å². The van der Waals surface area contributed by atoms with Gasteiger partial charge in [-0.3, -0.25) is 0 Å². The summed E-state index contributed by atoms with van der Waals surface area (Å²) in [6, 6.07) is 15.6. The van der Waals surface area contributed by atoms with Crippen molar-refractivity contribution < 1.29 is 4.74 Å². The van der Waals surface area contributed by atoms with E-state index in [9.17, 15) is 0 Å². The number of hydrogen-bond acceptors (Lipinski definition) is 7. The maximum absolute atomic E-state index is 6.31. The Balaban J connectivity index is 1.58. The van der Waals surface area contributed by atoms with Crippen LogP contribution in [0.4, 0.5) is 0 Å². The van der Waals surface area contributed by atoms with Crippen LogP contribution in [0.5, 0.6) is 0 Å². The van der Waals surface area contributed by atoms with Gasteiger partial charge in [0.25, 0.3) is 0 Å². The minimum atomic E-state index is 0.159. The lowest BCUT2D eigenvalue weighted by molar-refractivity contribution is 0.00166. The predicted molar refractivity (Wildman–Crippen MR) is 134 cm³/mol. The van der Waals surface area contributed by atoms with Crippen molar-refractivity contribution >= 4 is 11.4 Å². The molecule has 0 spiro atoms. The van der Waals surface area contributed by atoms with E-state index in [1.165, 1.54) is 11.4 Å². The summed E-state index contributed by atoms with van der Waals surface area (Å²) in [7, 11) is 0. The summed E-state index contributed by atoms with van der Waals surface area (Å²) in [5, 5.41) is 3.09. The molecule has 0 aromatic heterocycles. The highest BCUT2D eigenvalue weighted by Gasteiger charge is 2.15. The van der Waals surface area contributed by atoms with Crippen molar-refractivity contribution in [1.82, 2.24) is 10.0 Å². The van der Waals surface area contributed by atoms with Crippen LogP contribution in [0.15, 0.2) is 60.9 Å². The predicted octanol–water partition coefficient (Wildman–Crippen LogP) is 2.48. The van der Waals surface area contributed by atoms with Crippen LogP contribution >= 0.6 is 0 Å². The highest BCUT2D eigenvalue weighted by Crippen LogP contribution is 2.18. The van der Waals surface area contributed by atoms with E-state index in [1.807, 2.05) is 55.5 Å². The Bertz CT molecular complexity index is 1030. The third-order valence-electron chi connectivity index (χ3n) is 5.44. The van der Waals surface area contributed by atoms with Crippen molar-refractivity contribution in [2.75, 3.05) is 19.7 Å². The van der Waals surface area contributed by atoms with E-state index < -0.39 is 0 Å². The molecule has 7 heteroatoms. The second kappa shape index (κ2) is 12.0. The number of rotatable bonds is 7. The van der Waals surface area contributed by atoms with Crippen molar-refractivity contribution in [3.63, 3.8) is 0 Å². The molecule has 0 amide bonds. The van der Waals surface area contributed by atoms with Crippen LogP contribution in [0, 0.1) is 18.8 Å². The maximum Gasteiger partial charge on any atom is 0.0948 e. The van der Waals surface area contributed by atoms with Crippen molar-refractivity contribution in [3.05, 3.63) is 83.2 Å². The molecule has 7 nitrogen and oxygen atoms in total. The molecule has 0 saturated carbocycles. The molecule has 1 fully saturated rings. The van der Waals surface area contributed by atoms with Crippen LogP contribution in [0.3, 0.4) is 0 Å². The van der Waals surface area contributed by atoms with Crippen molar-refractivity contribution in [1.29, 1.82) is 0 Å². The standard InChI is InChI=1S/C26H34N6O/c1-20-16-21(8-7-14-31(29)18-25(27)22-9-3-2-4-10-22)12-13-24(20)26(28)19-32(30)17-23-11-5-6-15-33-23/h2-4,9-10,12-13,16,18-19,23H,5-6,11,14-15,17,27-30H2,1H3/b25-18-,26-19-. The van der Waals surface area contributed by atoms with Gasteiger partial charge in [0.05, 0.1) is 30.6 Å². The van der Waals surface area contributed by atoms with Gasteiger partial charge in [0.15, 0.2) is 0 Å². The zero-order chi connectivity index (χ0) is 23.6. The van der Waals surface area contributed by atoms with Crippen LogP contribution in [0.2, 0.25) is 0 Å². The maximum atomic E-state index is 6.31. The molecule has 1 atom stereocenters. The van der Waals surface area contributed by atoms with E-state index in [4.69, 9.17) is 27.9 Å². The molecular weight excluding hydrogens is 412 g/mol. The topological polar surface area (TPSA) is 120 Å². The van der Waals surface area contributed by atoms with Gasteiger partial charge in [0.1, 0.15) is 0 Å². The normalized spacial score (nSPS) is 16.6. The number of ether oxygens (including phenoxy) is 1. The molecule has 8 N–H and O–H groups in total. The first-order chi connectivity index (χ1) is 15.9. The molecule has 0 aliphatic carbocycles. The summed E-state index contributed by atoms with van der Waals surface area (Å²) in [5.41, 5.74) is 17.4. The van der Waals surface area contributed by atoms with Crippen LogP contribution < -0.4 is 23.2 Å².